The molecule has 0 aliphatic carbocycles. The van der Waals surface area contributed by atoms with E-state index in [-0.39, 0.29) is 30.7 Å². The number of carbonyl (C=O) groups is 1. The van der Waals surface area contributed by atoms with Gasteiger partial charge in [0.15, 0.2) is 21.3 Å². The number of aliphatic hydroxyl groups excluding tert-OH is 1. The van der Waals surface area contributed by atoms with E-state index in [0.717, 1.165) is 18.3 Å². The molecule has 33 heavy (non-hydrogen) atoms. The highest BCUT2D eigenvalue weighted by Crippen LogP contribution is 2.28. The number of sulfone groups is 1. The van der Waals surface area contributed by atoms with Crippen molar-refractivity contribution in [2.24, 2.45) is 0 Å². The Bertz CT molecular complexity index is 1020. The highest BCUT2D eigenvalue weighted by molar-refractivity contribution is 7.91. The predicted molar refractivity (Wildman–Crippen MR) is 128 cm³/mol. The molecular weight excluding hydrogens is 442 g/mol. The van der Waals surface area contributed by atoms with Crippen LogP contribution in [0.2, 0.25) is 0 Å². The molecule has 0 aromatic heterocycles. The number of aliphatic hydroxyl groups is 1. The maximum absolute atomic E-state index is 12.1. The van der Waals surface area contributed by atoms with Crippen LogP contribution in [0.3, 0.4) is 0 Å². The third kappa shape index (κ3) is 7.28. The fraction of sp³-hybridized carbons (Fsp3) is 0.480. The summed E-state index contributed by atoms with van der Waals surface area (Å²) < 4.78 is 35.5. The molecule has 2 atom stereocenters. The van der Waals surface area contributed by atoms with Gasteiger partial charge >= 0.3 is 0 Å². The summed E-state index contributed by atoms with van der Waals surface area (Å²) in [5.74, 6) is 1.18. The third-order valence-electron chi connectivity index (χ3n) is 5.82. The molecule has 0 amide bonds. The summed E-state index contributed by atoms with van der Waals surface area (Å²) >= 11 is 0. The average molecular weight is 476 g/mol. The van der Waals surface area contributed by atoms with Crippen LogP contribution in [0.5, 0.6) is 11.5 Å². The monoisotopic (exact) mass is 475 g/mol. The Morgan fingerprint density at radius 2 is 1.82 bits per heavy atom. The van der Waals surface area contributed by atoms with E-state index in [0.29, 0.717) is 36.6 Å². The summed E-state index contributed by atoms with van der Waals surface area (Å²) in [6.45, 7) is 5.22. The van der Waals surface area contributed by atoms with Gasteiger partial charge in [-0.05, 0) is 49.1 Å². The molecule has 8 heteroatoms. The molecule has 1 N–H and O–H groups in total. The highest BCUT2D eigenvalue weighted by Gasteiger charge is 2.33. The van der Waals surface area contributed by atoms with E-state index in [1.54, 1.807) is 18.2 Å². The van der Waals surface area contributed by atoms with Gasteiger partial charge in [0.05, 0.1) is 18.1 Å². The van der Waals surface area contributed by atoms with Crippen LogP contribution in [0, 0.1) is 0 Å². The van der Waals surface area contributed by atoms with Crippen LogP contribution in [0.4, 0.5) is 0 Å². The molecule has 2 aromatic carbocycles. The standard InChI is InChI=1S/C25H33NO6S/c1-3-19-5-7-20(8-6-19)14-26(22-11-12-33(29,30)18-22)15-23(28)17-32-24-10-9-21(16-27)13-25(24)31-4-2/h5-10,13,16,22-23,28H,3-4,11-12,14-15,17-18H2,1-2H3. The van der Waals surface area contributed by atoms with Crippen LogP contribution in [0.1, 0.15) is 41.8 Å². The fourth-order valence-electron chi connectivity index (χ4n) is 4.02. The van der Waals surface area contributed by atoms with Gasteiger partial charge in [0.25, 0.3) is 0 Å². The molecule has 1 aliphatic rings. The maximum Gasteiger partial charge on any atom is 0.161 e. The molecule has 2 unspecified atom stereocenters. The Hall–Kier alpha value is -2.42. The van der Waals surface area contributed by atoms with Crippen LogP contribution in [-0.2, 0) is 22.8 Å². The minimum absolute atomic E-state index is 0.0191. The molecule has 0 radical (unpaired) electrons. The van der Waals surface area contributed by atoms with Crippen LogP contribution in [0.25, 0.3) is 0 Å². The van der Waals surface area contributed by atoms with Crippen molar-refractivity contribution in [1.82, 2.24) is 4.90 Å². The number of carbonyl (C=O) groups excluding carboxylic acids is 1. The molecule has 180 valence electrons. The molecule has 7 nitrogen and oxygen atoms in total. The van der Waals surface area contributed by atoms with Crippen molar-refractivity contribution in [2.45, 2.75) is 45.4 Å². The lowest BCUT2D eigenvalue weighted by Gasteiger charge is -2.30. The Labute approximate surface area is 196 Å². The second-order valence-electron chi connectivity index (χ2n) is 8.38. The van der Waals surface area contributed by atoms with Gasteiger partial charge in [-0.3, -0.25) is 9.69 Å². The average Bonchev–Trinajstić information content (AvgIpc) is 3.18. The fourth-order valence-corrected chi connectivity index (χ4v) is 5.78. The van der Waals surface area contributed by atoms with Gasteiger partial charge in [0, 0.05) is 24.7 Å². The number of aryl methyl sites for hydroxylation is 1. The van der Waals surface area contributed by atoms with Crippen molar-refractivity contribution in [1.29, 1.82) is 0 Å². The van der Waals surface area contributed by atoms with Gasteiger partial charge in [0.2, 0.25) is 0 Å². The number of ether oxygens (including phenoxy) is 2. The number of hydrogen-bond acceptors (Lipinski definition) is 7. The van der Waals surface area contributed by atoms with Crippen LogP contribution >= 0.6 is 0 Å². The first kappa shape index (κ1) is 25.2. The first-order valence-electron chi connectivity index (χ1n) is 11.4. The van der Waals surface area contributed by atoms with Crippen molar-refractivity contribution in [3.8, 4) is 11.5 Å². The molecule has 0 bridgehead atoms. The molecule has 1 saturated heterocycles. The van der Waals surface area contributed by atoms with Gasteiger partial charge < -0.3 is 14.6 Å². The second kappa shape index (κ2) is 11.6. The second-order valence-corrected chi connectivity index (χ2v) is 10.6. The minimum atomic E-state index is -3.05. The normalized spacial score (nSPS) is 18.2. The first-order chi connectivity index (χ1) is 15.8. The lowest BCUT2D eigenvalue weighted by Crippen LogP contribution is -2.42. The predicted octanol–water partition coefficient (Wildman–Crippen LogP) is 2.89. The zero-order chi connectivity index (χ0) is 23.8. The molecule has 1 fully saturated rings. The molecular formula is C25H33NO6S. The summed E-state index contributed by atoms with van der Waals surface area (Å²) in [5, 5.41) is 10.7. The summed E-state index contributed by atoms with van der Waals surface area (Å²) in [7, 11) is -3.05. The first-order valence-corrected chi connectivity index (χ1v) is 13.2. The highest BCUT2D eigenvalue weighted by atomic mass is 32.2. The molecule has 2 aromatic rings. The van der Waals surface area contributed by atoms with Gasteiger partial charge in [0.1, 0.15) is 19.0 Å². The molecule has 0 spiro atoms. The number of nitrogens with zero attached hydrogens (tertiary/aromatic N) is 1. The summed E-state index contributed by atoms with van der Waals surface area (Å²) in [6, 6.07) is 13.0. The quantitative estimate of drug-likeness (QED) is 0.472. The van der Waals surface area contributed by atoms with Gasteiger partial charge in [-0.2, -0.15) is 0 Å². The summed E-state index contributed by atoms with van der Waals surface area (Å²) in [5.41, 5.74) is 2.80. The third-order valence-corrected chi connectivity index (χ3v) is 7.57. The Morgan fingerprint density at radius 3 is 2.42 bits per heavy atom. The van der Waals surface area contributed by atoms with Gasteiger partial charge in [-0.1, -0.05) is 31.2 Å². The zero-order valence-electron chi connectivity index (χ0n) is 19.3. The van der Waals surface area contributed by atoms with E-state index in [9.17, 15) is 18.3 Å². The number of rotatable bonds is 12. The largest absolute Gasteiger partial charge is 0.490 e. The summed E-state index contributed by atoms with van der Waals surface area (Å²) in [6.07, 6.45) is 1.42. The molecule has 0 saturated carbocycles. The summed E-state index contributed by atoms with van der Waals surface area (Å²) in [4.78, 5) is 13.1. The maximum atomic E-state index is 12.1. The van der Waals surface area contributed by atoms with Crippen LogP contribution in [-0.4, -0.2) is 68.1 Å². The lowest BCUT2D eigenvalue weighted by atomic mass is 10.1. The van der Waals surface area contributed by atoms with E-state index in [1.807, 2.05) is 11.8 Å². The van der Waals surface area contributed by atoms with E-state index >= 15 is 0 Å². The number of benzene rings is 2. The van der Waals surface area contributed by atoms with Crippen molar-refractivity contribution in [3.63, 3.8) is 0 Å². The van der Waals surface area contributed by atoms with Gasteiger partial charge in [-0.15, -0.1) is 0 Å². The smallest absolute Gasteiger partial charge is 0.161 e. The lowest BCUT2D eigenvalue weighted by molar-refractivity contribution is 0.0515. The van der Waals surface area contributed by atoms with Crippen molar-refractivity contribution >= 4 is 16.1 Å². The van der Waals surface area contributed by atoms with Crippen molar-refractivity contribution in [3.05, 3.63) is 59.2 Å². The topological polar surface area (TPSA) is 93.1 Å². The zero-order valence-corrected chi connectivity index (χ0v) is 20.1. The Kier molecular flexibility index (Phi) is 8.88. The Balaban J connectivity index is 1.68. The van der Waals surface area contributed by atoms with E-state index in [1.165, 1.54) is 5.56 Å². The molecule has 1 heterocycles. The van der Waals surface area contributed by atoms with Crippen molar-refractivity contribution < 1.29 is 27.8 Å². The number of hydrogen-bond donors (Lipinski definition) is 1. The van der Waals surface area contributed by atoms with E-state index < -0.39 is 15.9 Å². The van der Waals surface area contributed by atoms with Gasteiger partial charge in [-0.25, -0.2) is 8.42 Å². The number of aldehydes is 1. The molecule has 3 rings (SSSR count). The van der Waals surface area contributed by atoms with E-state index in [4.69, 9.17) is 9.47 Å². The van der Waals surface area contributed by atoms with Crippen molar-refractivity contribution in [2.75, 3.05) is 31.3 Å². The van der Waals surface area contributed by atoms with Crippen LogP contribution < -0.4 is 9.47 Å². The SMILES string of the molecule is CCOc1cc(C=O)ccc1OCC(O)CN(Cc1ccc(CC)cc1)C1CCS(=O)(=O)C1. The molecule has 1 aliphatic heterocycles. The minimum Gasteiger partial charge on any atom is -0.490 e. The van der Waals surface area contributed by atoms with E-state index in [2.05, 4.69) is 31.2 Å². The Morgan fingerprint density at radius 1 is 1.09 bits per heavy atom. The van der Waals surface area contributed by atoms with Crippen LogP contribution in [0.15, 0.2) is 42.5 Å².